The summed E-state index contributed by atoms with van der Waals surface area (Å²) in [4.78, 5) is 0. The molecule has 1 fully saturated rings. The third kappa shape index (κ3) is 2.90. The molecule has 0 unspecified atom stereocenters. The summed E-state index contributed by atoms with van der Waals surface area (Å²) in [5.41, 5.74) is 2.89. The monoisotopic (exact) mass is 270 g/mol. The molecule has 0 radical (unpaired) electrons. The van der Waals surface area contributed by atoms with Crippen molar-refractivity contribution in [2.45, 2.75) is 58.7 Å². The first-order chi connectivity index (χ1) is 9.81. The van der Waals surface area contributed by atoms with Gasteiger partial charge in [0.2, 0.25) is 0 Å². The summed E-state index contributed by atoms with van der Waals surface area (Å²) >= 11 is 0. The smallest absolute Gasteiger partial charge is 0.0525 e. The fourth-order valence-corrected chi connectivity index (χ4v) is 3.00. The minimum Gasteiger partial charge on any atom is -0.347 e. The Bertz CT molecular complexity index is 562. The summed E-state index contributed by atoms with van der Waals surface area (Å²) in [6.07, 6.45) is 7.50. The van der Waals surface area contributed by atoms with Crippen LogP contribution in [0, 0.1) is 5.92 Å². The first kappa shape index (κ1) is 13.7. The topological polar surface area (TPSA) is 17.0 Å². The molecule has 1 aromatic heterocycles. The maximum atomic E-state index is 3.65. The summed E-state index contributed by atoms with van der Waals surface area (Å²) in [7, 11) is 0. The van der Waals surface area contributed by atoms with Crippen LogP contribution in [-0.4, -0.2) is 10.6 Å². The summed E-state index contributed by atoms with van der Waals surface area (Å²) in [5.74, 6) is 0.787. The molecule has 1 aromatic carbocycles. The van der Waals surface area contributed by atoms with Crippen LogP contribution in [0.2, 0.25) is 0 Å². The van der Waals surface area contributed by atoms with Gasteiger partial charge in [0, 0.05) is 25.3 Å². The first-order valence-electron chi connectivity index (χ1n) is 8.12. The molecule has 0 spiro atoms. The average Bonchev–Trinajstić information content (AvgIpc) is 3.22. The third-order valence-electron chi connectivity index (χ3n) is 4.64. The van der Waals surface area contributed by atoms with E-state index in [1.807, 2.05) is 0 Å². The largest absolute Gasteiger partial charge is 0.347 e. The van der Waals surface area contributed by atoms with Gasteiger partial charge in [0.1, 0.15) is 0 Å². The van der Waals surface area contributed by atoms with E-state index in [-0.39, 0.29) is 0 Å². The van der Waals surface area contributed by atoms with Gasteiger partial charge in [0.15, 0.2) is 0 Å². The lowest BCUT2D eigenvalue weighted by atomic mass is 10.0. The number of nitrogens with zero attached hydrogens (tertiary/aromatic N) is 1. The molecule has 1 heterocycles. The van der Waals surface area contributed by atoms with Crippen LogP contribution in [0.4, 0.5) is 0 Å². The summed E-state index contributed by atoms with van der Waals surface area (Å²) < 4.78 is 2.47. The molecule has 1 N–H and O–H groups in total. The quantitative estimate of drug-likeness (QED) is 0.792. The zero-order valence-electron chi connectivity index (χ0n) is 12.7. The fourth-order valence-electron chi connectivity index (χ4n) is 3.00. The Balaban J connectivity index is 1.86. The van der Waals surface area contributed by atoms with Crippen molar-refractivity contribution in [3.05, 3.63) is 36.0 Å². The molecule has 1 saturated carbocycles. The number of hydrogen-bond acceptors (Lipinski definition) is 1. The number of rotatable bonds is 7. The minimum absolute atomic E-state index is 0.771. The molecule has 3 rings (SSSR count). The van der Waals surface area contributed by atoms with Gasteiger partial charge in [-0.15, -0.1) is 0 Å². The van der Waals surface area contributed by atoms with E-state index in [2.05, 4.69) is 54.2 Å². The normalized spacial score (nSPS) is 15.3. The molecule has 0 atom stereocenters. The van der Waals surface area contributed by atoms with Gasteiger partial charge < -0.3 is 9.88 Å². The number of benzene rings is 1. The molecule has 20 heavy (non-hydrogen) atoms. The van der Waals surface area contributed by atoms with Crippen LogP contribution in [0.3, 0.4) is 0 Å². The number of para-hydroxylation sites is 1. The van der Waals surface area contributed by atoms with Crippen molar-refractivity contribution in [3.8, 4) is 0 Å². The fraction of sp³-hybridized carbons (Fsp3) is 0.556. The maximum absolute atomic E-state index is 3.65. The predicted octanol–water partition coefficient (Wildman–Crippen LogP) is 4.33. The summed E-state index contributed by atoms with van der Waals surface area (Å²) in [6.45, 7) is 6.76. The Kier molecular flexibility index (Phi) is 4.11. The van der Waals surface area contributed by atoms with Crippen LogP contribution in [0.15, 0.2) is 30.5 Å². The molecule has 0 aliphatic heterocycles. The Hall–Kier alpha value is -1.28. The molecule has 2 nitrogen and oxygen atoms in total. The van der Waals surface area contributed by atoms with Crippen molar-refractivity contribution in [2.75, 3.05) is 0 Å². The molecule has 2 heteroatoms. The van der Waals surface area contributed by atoms with Gasteiger partial charge >= 0.3 is 0 Å². The van der Waals surface area contributed by atoms with Gasteiger partial charge in [-0.1, -0.05) is 44.9 Å². The van der Waals surface area contributed by atoms with Crippen LogP contribution in [0.1, 0.15) is 45.1 Å². The molecule has 2 aromatic rings. The lowest BCUT2D eigenvalue weighted by Crippen LogP contribution is -2.16. The van der Waals surface area contributed by atoms with E-state index in [4.69, 9.17) is 0 Å². The molecule has 0 amide bonds. The van der Waals surface area contributed by atoms with Gasteiger partial charge in [-0.05, 0) is 35.8 Å². The van der Waals surface area contributed by atoms with Crippen LogP contribution in [0.25, 0.3) is 10.9 Å². The molecule has 1 aliphatic rings. The zero-order chi connectivity index (χ0) is 13.9. The van der Waals surface area contributed by atoms with Crippen molar-refractivity contribution in [2.24, 2.45) is 5.92 Å². The number of nitrogens with one attached hydrogen (secondary N) is 1. The molecule has 0 saturated heterocycles. The summed E-state index contributed by atoms with van der Waals surface area (Å²) in [5, 5.41) is 5.03. The van der Waals surface area contributed by atoms with Gasteiger partial charge in [-0.25, -0.2) is 0 Å². The first-order valence-corrected chi connectivity index (χ1v) is 8.12. The van der Waals surface area contributed by atoms with E-state index in [0.717, 1.165) is 25.0 Å². The minimum atomic E-state index is 0.771. The highest BCUT2D eigenvalue weighted by Crippen LogP contribution is 2.25. The van der Waals surface area contributed by atoms with Gasteiger partial charge in [0.25, 0.3) is 0 Å². The maximum Gasteiger partial charge on any atom is 0.0525 e. The van der Waals surface area contributed by atoms with Crippen LogP contribution < -0.4 is 5.32 Å². The van der Waals surface area contributed by atoms with E-state index in [1.165, 1.54) is 42.1 Å². The highest BCUT2D eigenvalue weighted by atomic mass is 15.0. The average molecular weight is 270 g/mol. The second-order valence-corrected chi connectivity index (χ2v) is 6.16. The number of aromatic nitrogens is 1. The number of hydrogen-bond donors (Lipinski definition) is 1. The van der Waals surface area contributed by atoms with Crippen molar-refractivity contribution >= 4 is 10.9 Å². The predicted molar refractivity (Wildman–Crippen MR) is 85.9 cm³/mol. The highest BCUT2D eigenvalue weighted by Gasteiger charge is 2.20. The third-order valence-corrected chi connectivity index (χ3v) is 4.64. The molecular formula is C18H26N2. The van der Waals surface area contributed by atoms with Gasteiger partial charge in [-0.2, -0.15) is 0 Å². The Morgan fingerprint density at radius 2 is 2.00 bits per heavy atom. The van der Waals surface area contributed by atoms with Gasteiger partial charge in [-0.3, -0.25) is 0 Å². The lowest BCUT2D eigenvalue weighted by Gasteiger charge is -2.16. The zero-order valence-corrected chi connectivity index (χ0v) is 12.7. The van der Waals surface area contributed by atoms with E-state index >= 15 is 0 Å². The van der Waals surface area contributed by atoms with Crippen molar-refractivity contribution in [3.63, 3.8) is 0 Å². The molecule has 1 aliphatic carbocycles. The van der Waals surface area contributed by atoms with E-state index in [9.17, 15) is 0 Å². The standard InChI is InChI=1S/C18H26N2/c1-3-14(4-2)13-20-11-10-15-6-5-7-16(18(15)20)12-19-17-8-9-17/h5-7,10-11,14,17,19H,3-4,8-9,12-13H2,1-2H3. The van der Waals surface area contributed by atoms with Crippen LogP contribution in [-0.2, 0) is 13.1 Å². The Morgan fingerprint density at radius 1 is 1.20 bits per heavy atom. The second-order valence-electron chi connectivity index (χ2n) is 6.16. The summed E-state index contributed by atoms with van der Waals surface area (Å²) in [6, 6.07) is 9.74. The molecule has 108 valence electrons. The SMILES string of the molecule is CCC(CC)Cn1ccc2cccc(CNC3CC3)c21. The van der Waals surface area contributed by atoms with Crippen molar-refractivity contribution in [1.29, 1.82) is 0 Å². The number of fused-ring (bicyclic) bond motifs is 1. The lowest BCUT2D eigenvalue weighted by molar-refractivity contribution is 0.425. The van der Waals surface area contributed by atoms with Crippen molar-refractivity contribution < 1.29 is 0 Å². The van der Waals surface area contributed by atoms with E-state index < -0.39 is 0 Å². The molecular weight excluding hydrogens is 244 g/mol. The van der Waals surface area contributed by atoms with E-state index in [0.29, 0.717) is 0 Å². The van der Waals surface area contributed by atoms with Crippen LogP contribution >= 0.6 is 0 Å². The second kappa shape index (κ2) is 6.01. The molecule has 0 bridgehead atoms. The highest BCUT2D eigenvalue weighted by molar-refractivity contribution is 5.83. The Labute approximate surface area is 122 Å². The Morgan fingerprint density at radius 3 is 2.70 bits per heavy atom. The van der Waals surface area contributed by atoms with Crippen LogP contribution in [0.5, 0.6) is 0 Å². The van der Waals surface area contributed by atoms with Gasteiger partial charge in [0.05, 0.1) is 5.52 Å². The van der Waals surface area contributed by atoms with E-state index in [1.54, 1.807) is 0 Å². The van der Waals surface area contributed by atoms with Crippen molar-refractivity contribution in [1.82, 2.24) is 9.88 Å².